The fourth-order valence-electron chi connectivity index (χ4n) is 1.53. The highest BCUT2D eigenvalue weighted by molar-refractivity contribution is 9.10. The van der Waals surface area contributed by atoms with E-state index in [-0.39, 0.29) is 5.56 Å². The zero-order valence-electron chi connectivity index (χ0n) is 9.45. The van der Waals surface area contributed by atoms with Crippen LogP contribution in [0.2, 0.25) is 0 Å². The topological polar surface area (TPSA) is 45.2 Å². The van der Waals surface area contributed by atoms with Crippen molar-refractivity contribution in [2.75, 3.05) is 0 Å². The number of aryl methyl sites for hydroxylation is 2. The maximum absolute atomic E-state index is 11.7. The van der Waals surface area contributed by atoms with Crippen molar-refractivity contribution in [3.8, 4) is 0 Å². The van der Waals surface area contributed by atoms with Gasteiger partial charge >= 0.3 is 0 Å². The number of aliphatic imine (C=N–C) groups is 1. The van der Waals surface area contributed by atoms with E-state index in [1.165, 1.54) is 0 Å². The number of nitrogens with one attached hydrogen (secondary N) is 1. The van der Waals surface area contributed by atoms with Crippen molar-refractivity contribution in [2.45, 2.75) is 13.8 Å². The first-order chi connectivity index (χ1) is 8.06. The average molecular weight is 311 g/mol. The molecule has 0 amide bonds. The number of H-pyrrole nitrogens is 1. The number of halogens is 1. The molecule has 0 atom stereocenters. The van der Waals surface area contributed by atoms with Gasteiger partial charge in [0.05, 0.1) is 0 Å². The monoisotopic (exact) mass is 310 g/mol. The van der Waals surface area contributed by atoms with Gasteiger partial charge in [0.1, 0.15) is 5.69 Å². The molecule has 2 heterocycles. The van der Waals surface area contributed by atoms with Gasteiger partial charge in [-0.05, 0) is 47.5 Å². The molecule has 3 nitrogen and oxygen atoms in total. The van der Waals surface area contributed by atoms with Crippen LogP contribution in [0, 0.1) is 13.8 Å². The van der Waals surface area contributed by atoms with E-state index in [1.807, 2.05) is 31.4 Å². The van der Waals surface area contributed by atoms with E-state index >= 15 is 0 Å². The number of aromatic amines is 1. The summed E-state index contributed by atoms with van der Waals surface area (Å²) in [5, 5.41) is 1.98. The summed E-state index contributed by atoms with van der Waals surface area (Å²) in [6.07, 6.45) is 1.71. The SMILES string of the molecule is Cc1cc(C)c(N=Cc2cc(Br)cs2)c(=O)[nH]1. The van der Waals surface area contributed by atoms with Gasteiger partial charge < -0.3 is 4.98 Å². The Kier molecular flexibility index (Phi) is 3.59. The summed E-state index contributed by atoms with van der Waals surface area (Å²) < 4.78 is 1.03. The summed E-state index contributed by atoms with van der Waals surface area (Å²) in [5.41, 5.74) is 2.07. The van der Waals surface area contributed by atoms with Crippen LogP contribution in [0.15, 0.2) is 31.8 Å². The highest BCUT2D eigenvalue weighted by Gasteiger charge is 2.02. The van der Waals surface area contributed by atoms with E-state index in [0.29, 0.717) is 5.69 Å². The Bertz CT molecular complexity index is 628. The number of rotatable bonds is 2. The number of hydrogen-bond donors (Lipinski definition) is 1. The maximum Gasteiger partial charge on any atom is 0.274 e. The van der Waals surface area contributed by atoms with Gasteiger partial charge in [0, 0.05) is 26.6 Å². The Balaban J connectivity index is 2.36. The van der Waals surface area contributed by atoms with Gasteiger partial charge in [-0.2, -0.15) is 0 Å². The Morgan fingerprint density at radius 1 is 1.41 bits per heavy atom. The van der Waals surface area contributed by atoms with Crippen molar-refractivity contribution < 1.29 is 0 Å². The summed E-state index contributed by atoms with van der Waals surface area (Å²) in [5.74, 6) is 0. The van der Waals surface area contributed by atoms with Crippen LogP contribution in [0.4, 0.5) is 5.69 Å². The third kappa shape index (κ3) is 2.92. The maximum atomic E-state index is 11.7. The molecule has 0 aliphatic heterocycles. The smallest absolute Gasteiger partial charge is 0.274 e. The summed E-state index contributed by atoms with van der Waals surface area (Å²) in [6, 6.07) is 3.88. The highest BCUT2D eigenvalue weighted by Crippen LogP contribution is 2.19. The van der Waals surface area contributed by atoms with Crippen molar-refractivity contribution >= 4 is 39.2 Å². The number of aromatic nitrogens is 1. The minimum absolute atomic E-state index is 0.144. The van der Waals surface area contributed by atoms with E-state index in [2.05, 4.69) is 25.9 Å². The molecule has 88 valence electrons. The molecule has 0 radical (unpaired) electrons. The van der Waals surface area contributed by atoms with Gasteiger partial charge in [-0.1, -0.05) is 0 Å². The standard InChI is InChI=1S/C12H11BrN2OS/c1-7-3-8(2)15-12(16)11(7)14-5-10-4-9(13)6-17-10/h3-6H,1-2H3,(H,15,16). The van der Waals surface area contributed by atoms with Gasteiger partial charge in [0.25, 0.3) is 5.56 Å². The second kappa shape index (κ2) is 4.98. The number of thiophene rings is 1. The first-order valence-electron chi connectivity index (χ1n) is 5.05. The van der Waals surface area contributed by atoms with Crippen LogP contribution >= 0.6 is 27.3 Å². The second-order valence-electron chi connectivity index (χ2n) is 3.74. The number of pyridine rings is 1. The first-order valence-corrected chi connectivity index (χ1v) is 6.72. The molecule has 1 N–H and O–H groups in total. The molecule has 0 bridgehead atoms. The molecule has 0 fully saturated rings. The Morgan fingerprint density at radius 2 is 2.18 bits per heavy atom. The van der Waals surface area contributed by atoms with Gasteiger partial charge in [0.15, 0.2) is 0 Å². The third-order valence-corrected chi connectivity index (χ3v) is 3.87. The van der Waals surface area contributed by atoms with Gasteiger partial charge in [-0.25, -0.2) is 4.99 Å². The molecule has 0 unspecified atom stereocenters. The lowest BCUT2D eigenvalue weighted by atomic mass is 10.2. The molecule has 0 aromatic carbocycles. The normalized spacial score (nSPS) is 11.2. The van der Waals surface area contributed by atoms with Crippen LogP contribution in [-0.4, -0.2) is 11.2 Å². The predicted octanol–water partition coefficient (Wildman–Crippen LogP) is 3.57. The predicted molar refractivity (Wildman–Crippen MR) is 75.8 cm³/mol. The number of nitrogens with zero attached hydrogens (tertiary/aromatic N) is 1. The molecule has 2 aromatic rings. The zero-order chi connectivity index (χ0) is 12.4. The van der Waals surface area contributed by atoms with Crippen molar-refractivity contribution in [3.05, 3.63) is 48.5 Å². The first kappa shape index (κ1) is 12.3. The van der Waals surface area contributed by atoms with Crippen LogP contribution in [0.1, 0.15) is 16.1 Å². The molecule has 0 aliphatic carbocycles. The van der Waals surface area contributed by atoms with E-state index in [4.69, 9.17) is 0 Å². The van der Waals surface area contributed by atoms with Crippen LogP contribution in [-0.2, 0) is 0 Å². The Hall–Kier alpha value is -1.20. The highest BCUT2D eigenvalue weighted by atomic mass is 79.9. The fraction of sp³-hybridized carbons (Fsp3) is 0.167. The Morgan fingerprint density at radius 3 is 2.76 bits per heavy atom. The minimum atomic E-state index is -0.144. The molecule has 17 heavy (non-hydrogen) atoms. The fourth-order valence-corrected chi connectivity index (χ4v) is 2.83. The number of hydrogen-bond acceptors (Lipinski definition) is 3. The third-order valence-electron chi connectivity index (χ3n) is 2.24. The zero-order valence-corrected chi connectivity index (χ0v) is 11.9. The van der Waals surface area contributed by atoms with E-state index in [1.54, 1.807) is 17.6 Å². The van der Waals surface area contributed by atoms with Crippen LogP contribution in [0.5, 0.6) is 0 Å². The lowest BCUT2D eigenvalue weighted by Crippen LogP contribution is -2.08. The second-order valence-corrected chi connectivity index (χ2v) is 5.60. The largest absolute Gasteiger partial charge is 0.325 e. The van der Waals surface area contributed by atoms with Gasteiger partial charge in [-0.3, -0.25) is 4.79 Å². The van der Waals surface area contributed by atoms with E-state index in [0.717, 1.165) is 20.6 Å². The lowest BCUT2D eigenvalue weighted by Gasteiger charge is -1.99. The quantitative estimate of drug-likeness (QED) is 0.847. The molecule has 0 saturated carbocycles. The van der Waals surface area contributed by atoms with Crippen molar-refractivity contribution in [2.24, 2.45) is 4.99 Å². The molecule has 2 rings (SSSR count). The van der Waals surface area contributed by atoms with Crippen LogP contribution in [0.3, 0.4) is 0 Å². The van der Waals surface area contributed by atoms with Crippen molar-refractivity contribution in [1.82, 2.24) is 4.98 Å². The van der Waals surface area contributed by atoms with Crippen molar-refractivity contribution in [3.63, 3.8) is 0 Å². The lowest BCUT2D eigenvalue weighted by molar-refractivity contribution is 1.11. The minimum Gasteiger partial charge on any atom is -0.325 e. The molecular formula is C12H11BrN2OS. The van der Waals surface area contributed by atoms with Crippen molar-refractivity contribution in [1.29, 1.82) is 0 Å². The van der Waals surface area contributed by atoms with E-state index in [9.17, 15) is 4.79 Å². The summed E-state index contributed by atoms with van der Waals surface area (Å²) in [7, 11) is 0. The molecular weight excluding hydrogens is 300 g/mol. The summed E-state index contributed by atoms with van der Waals surface area (Å²) in [6.45, 7) is 3.75. The Labute approximate surface area is 111 Å². The van der Waals surface area contributed by atoms with Crippen LogP contribution < -0.4 is 5.56 Å². The van der Waals surface area contributed by atoms with Gasteiger partial charge in [-0.15, -0.1) is 11.3 Å². The summed E-state index contributed by atoms with van der Waals surface area (Å²) in [4.78, 5) is 19.7. The molecule has 0 aliphatic rings. The molecule has 5 heteroatoms. The van der Waals surface area contributed by atoms with E-state index < -0.39 is 0 Å². The van der Waals surface area contributed by atoms with Gasteiger partial charge in [0.2, 0.25) is 0 Å². The summed E-state index contributed by atoms with van der Waals surface area (Å²) >= 11 is 4.95. The molecule has 2 aromatic heterocycles. The average Bonchev–Trinajstić information content (AvgIpc) is 2.62. The van der Waals surface area contributed by atoms with Crippen LogP contribution in [0.25, 0.3) is 0 Å². The molecule has 0 saturated heterocycles. The molecule has 0 spiro atoms.